The molecule has 0 saturated heterocycles. The minimum absolute atomic E-state index is 0.178. The van der Waals surface area contributed by atoms with Gasteiger partial charge in [-0.15, -0.1) is 0 Å². The van der Waals surface area contributed by atoms with E-state index in [1.807, 2.05) is 24.6 Å². The Morgan fingerprint density at radius 1 is 0.941 bits per heavy atom. The number of ether oxygens (including phenoxy) is 1. The number of carbonyl (C=O) groups excluding carboxylic acids is 1. The molecule has 0 fully saturated rings. The van der Waals surface area contributed by atoms with Gasteiger partial charge in [-0.1, -0.05) is 15.9 Å². The van der Waals surface area contributed by atoms with Crippen LogP contribution in [0.3, 0.4) is 0 Å². The number of hydrogen-bond donors (Lipinski definition) is 0. The Hall–Kier alpha value is -3.43. The highest BCUT2D eigenvalue weighted by Crippen LogP contribution is 2.26. The predicted octanol–water partition coefficient (Wildman–Crippen LogP) is 5.30. The lowest BCUT2D eigenvalue weighted by molar-refractivity contribution is 0.0734. The first-order valence-electron chi connectivity index (χ1n) is 10.4. The molecule has 0 radical (unpaired) electrons. The first kappa shape index (κ1) is 23.7. The zero-order valence-corrected chi connectivity index (χ0v) is 21.2. The van der Waals surface area contributed by atoms with Crippen molar-refractivity contribution in [3.63, 3.8) is 0 Å². The van der Waals surface area contributed by atoms with Gasteiger partial charge in [0.1, 0.15) is 5.75 Å². The maximum absolute atomic E-state index is 12.9. The topological polar surface area (TPSA) is 81.5 Å². The van der Waals surface area contributed by atoms with Crippen molar-refractivity contribution in [1.82, 2.24) is 9.78 Å². The third kappa shape index (κ3) is 4.90. The molecule has 34 heavy (non-hydrogen) atoms. The van der Waals surface area contributed by atoms with Crippen molar-refractivity contribution >= 4 is 37.6 Å². The van der Waals surface area contributed by atoms with Gasteiger partial charge in [-0.3, -0.25) is 4.31 Å². The second kappa shape index (κ2) is 9.44. The molecule has 174 valence electrons. The highest BCUT2D eigenvalue weighted by Gasteiger charge is 2.21. The number of aryl methyl sites for hydroxylation is 2. The number of anilines is 1. The number of aromatic nitrogens is 2. The number of halogens is 1. The van der Waals surface area contributed by atoms with E-state index in [0.29, 0.717) is 17.0 Å². The first-order valence-corrected chi connectivity index (χ1v) is 12.6. The van der Waals surface area contributed by atoms with E-state index in [9.17, 15) is 13.2 Å². The van der Waals surface area contributed by atoms with E-state index in [0.717, 1.165) is 21.5 Å². The predicted molar refractivity (Wildman–Crippen MR) is 134 cm³/mol. The summed E-state index contributed by atoms with van der Waals surface area (Å²) in [5, 5.41) is 4.44. The summed E-state index contributed by atoms with van der Waals surface area (Å²) in [7, 11) is -2.24. The second-order valence-corrected chi connectivity index (χ2v) is 10.6. The number of hydrogen-bond acceptors (Lipinski definition) is 5. The Kier molecular flexibility index (Phi) is 6.58. The fourth-order valence-corrected chi connectivity index (χ4v) is 4.88. The molecule has 0 atom stereocenters. The van der Waals surface area contributed by atoms with Gasteiger partial charge in [0.25, 0.3) is 10.0 Å². The van der Waals surface area contributed by atoms with E-state index in [4.69, 9.17) is 4.74 Å². The van der Waals surface area contributed by atoms with E-state index >= 15 is 0 Å². The zero-order chi connectivity index (χ0) is 24.5. The van der Waals surface area contributed by atoms with Crippen LogP contribution < -0.4 is 9.04 Å². The van der Waals surface area contributed by atoms with Gasteiger partial charge in [0.15, 0.2) is 0 Å². The van der Waals surface area contributed by atoms with E-state index in [1.165, 1.54) is 23.5 Å². The number of esters is 1. The molecular weight excluding hydrogens is 518 g/mol. The molecule has 7 nitrogen and oxygen atoms in total. The molecule has 0 amide bonds. The highest BCUT2D eigenvalue weighted by molar-refractivity contribution is 9.10. The molecule has 1 aromatic heterocycles. The summed E-state index contributed by atoms with van der Waals surface area (Å²) in [6.45, 7) is 3.89. The smallest absolute Gasteiger partial charge is 0.343 e. The lowest BCUT2D eigenvalue weighted by atomic mass is 10.2. The second-order valence-electron chi connectivity index (χ2n) is 7.70. The van der Waals surface area contributed by atoms with Crippen LogP contribution in [0.25, 0.3) is 5.69 Å². The van der Waals surface area contributed by atoms with Gasteiger partial charge in [0, 0.05) is 17.2 Å². The molecule has 0 unspecified atom stereocenters. The zero-order valence-electron chi connectivity index (χ0n) is 18.8. The summed E-state index contributed by atoms with van der Waals surface area (Å²) >= 11 is 3.30. The van der Waals surface area contributed by atoms with Crippen molar-refractivity contribution in [3.05, 3.63) is 100 Å². The summed E-state index contributed by atoms with van der Waals surface area (Å²) in [4.78, 5) is 12.7. The van der Waals surface area contributed by atoms with Gasteiger partial charge in [-0.25, -0.2) is 17.9 Å². The van der Waals surface area contributed by atoms with E-state index in [1.54, 1.807) is 60.7 Å². The van der Waals surface area contributed by atoms with Crippen LogP contribution in [0, 0.1) is 13.8 Å². The van der Waals surface area contributed by atoms with Crippen LogP contribution in [0.15, 0.2) is 88.2 Å². The average molecular weight is 540 g/mol. The lowest BCUT2D eigenvalue weighted by Crippen LogP contribution is -2.26. The van der Waals surface area contributed by atoms with Crippen LogP contribution in [-0.2, 0) is 10.0 Å². The van der Waals surface area contributed by atoms with Crippen molar-refractivity contribution in [1.29, 1.82) is 0 Å². The van der Waals surface area contributed by atoms with Crippen molar-refractivity contribution < 1.29 is 17.9 Å². The Morgan fingerprint density at radius 2 is 1.56 bits per heavy atom. The number of benzene rings is 3. The van der Waals surface area contributed by atoms with Crippen LogP contribution in [0.4, 0.5) is 5.69 Å². The summed E-state index contributed by atoms with van der Waals surface area (Å²) < 4.78 is 35.0. The molecule has 3 aromatic carbocycles. The molecule has 0 spiro atoms. The van der Waals surface area contributed by atoms with Crippen LogP contribution >= 0.6 is 15.9 Å². The standard InChI is InChI=1S/C25H22BrN3O4S/c1-17-16-18(2)29(27-17)22-8-4-19(5-9-22)25(30)33-23-12-10-21(11-13-23)28(3)34(31,32)24-14-6-20(26)7-15-24/h4-16H,1-3H3. The summed E-state index contributed by atoms with van der Waals surface area (Å²) in [6.07, 6.45) is 0. The summed E-state index contributed by atoms with van der Waals surface area (Å²) in [5.74, 6) is -0.200. The molecule has 0 saturated carbocycles. The Bertz CT molecular complexity index is 1430. The third-order valence-electron chi connectivity index (χ3n) is 5.24. The van der Waals surface area contributed by atoms with E-state index in [2.05, 4.69) is 21.0 Å². The first-order chi connectivity index (χ1) is 16.1. The summed E-state index contributed by atoms with van der Waals surface area (Å²) in [5.41, 5.74) is 3.60. The average Bonchev–Trinajstić information content (AvgIpc) is 3.17. The van der Waals surface area contributed by atoms with E-state index < -0.39 is 16.0 Å². The van der Waals surface area contributed by atoms with Crippen LogP contribution in [0.5, 0.6) is 5.75 Å². The number of nitrogens with zero attached hydrogens (tertiary/aromatic N) is 3. The largest absolute Gasteiger partial charge is 0.423 e. The Balaban J connectivity index is 1.45. The monoisotopic (exact) mass is 539 g/mol. The number of carbonyl (C=O) groups is 1. The van der Waals surface area contributed by atoms with Gasteiger partial charge in [0.2, 0.25) is 0 Å². The maximum Gasteiger partial charge on any atom is 0.343 e. The lowest BCUT2D eigenvalue weighted by Gasteiger charge is -2.19. The van der Waals surface area contributed by atoms with Gasteiger partial charge >= 0.3 is 5.97 Å². The number of sulfonamides is 1. The third-order valence-corrected chi connectivity index (χ3v) is 7.57. The van der Waals surface area contributed by atoms with Gasteiger partial charge in [-0.2, -0.15) is 5.10 Å². The fraction of sp³-hybridized carbons (Fsp3) is 0.120. The van der Waals surface area contributed by atoms with Crippen molar-refractivity contribution in [3.8, 4) is 11.4 Å². The normalized spacial score (nSPS) is 11.3. The molecule has 4 aromatic rings. The minimum Gasteiger partial charge on any atom is -0.423 e. The van der Waals surface area contributed by atoms with Crippen LogP contribution in [-0.4, -0.2) is 31.2 Å². The molecule has 0 aliphatic carbocycles. The minimum atomic E-state index is -3.72. The van der Waals surface area contributed by atoms with E-state index in [-0.39, 0.29) is 4.90 Å². The van der Waals surface area contributed by atoms with Gasteiger partial charge < -0.3 is 4.74 Å². The highest BCUT2D eigenvalue weighted by atomic mass is 79.9. The molecule has 1 heterocycles. The summed E-state index contributed by atoms with van der Waals surface area (Å²) in [6, 6.07) is 21.7. The van der Waals surface area contributed by atoms with Crippen LogP contribution in [0.1, 0.15) is 21.7 Å². The SMILES string of the molecule is Cc1cc(C)n(-c2ccc(C(=O)Oc3ccc(N(C)S(=O)(=O)c4ccc(Br)cc4)cc3)cc2)n1. The van der Waals surface area contributed by atoms with Crippen molar-refractivity contribution in [2.75, 3.05) is 11.4 Å². The molecule has 0 aliphatic heterocycles. The van der Waals surface area contributed by atoms with Crippen LogP contribution in [0.2, 0.25) is 0 Å². The Morgan fingerprint density at radius 3 is 2.12 bits per heavy atom. The molecule has 0 N–H and O–H groups in total. The molecule has 4 rings (SSSR count). The molecular formula is C25H22BrN3O4S. The number of rotatable bonds is 6. The van der Waals surface area contributed by atoms with Crippen molar-refractivity contribution in [2.24, 2.45) is 0 Å². The fourth-order valence-electron chi connectivity index (χ4n) is 3.42. The maximum atomic E-state index is 12.9. The quantitative estimate of drug-likeness (QED) is 0.245. The molecule has 0 bridgehead atoms. The van der Waals surface area contributed by atoms with Gasteiger partial charge in [-0.05, 0) is 92.7 Å². The molecule has 9 heteroatoms. The Labute approximate surface area is 206 Å². The molecule has 0 aliphatic rings. The van der Waals surface area contributed by atoms with Gasteiger partial charge in [0.05, 0.1) is 27.5 Å². The van der Waals surface area contributed by atoms with Crippen molar-refractivity contribution in [2.45, 2.75) is 18.7 Å².